The Kier molecular flexibility index (Phi) is 5.65. The smallest absolute Gasteiger partial charge is 0.326 e. The number of pyridine rings is 1. The van der Waals surface area contributed by atoms with Gasteiger partial charge in [0.15, 0.2) is 0 Å². The highest BCUT2D eigenvalue weighted by Crippen LogP contribution is 2.29. The second-order valence-corrected chi connectivity index (χ2v) is 7.58. The average Bonchev–Trinajstić information content (AvgIpc) is 3.27. The number of hydrogen-bond donors (Lipinski definition) is 2. The number of rotatable bonds is 6. The van der Waals surface area contributed by atoms with Gasteiger partial charge in [0.25, 0.3) is 5.91 Å². The molecule has 0 aliphatic carbocycles. The van der Waals surface area contributed by atoms with E-state index >= 15 is 0 Å². The molecule has 2 heterocycles. The molecule has 154 valence electrons. The van der Waals surface area contributed by atoms with Crippen molar-refractivity contribution in [2.45, 2.75) is 38.3 Å². The molecule has 0 bridgehead atoms. The Morgan fingerprint density at radius 1 is 1.17 bits per heavy atom. The van der Waals surface area contributed by atoms with Crippen LogP contribution in [0.1, 0.15) is 48.1 Å². The minimum atomic E-state index is -0.858. The number of fused-ring (bicyclic) bond motifs is 1. The van der Waals surface area contributed by atoms with Gasteiger partial charge in [0.2, 0.25) is 0 Å². The first kappa shape index (κ1) is 19.9. The summed E-state index contributed by atoms with van der Waals surface area (Å²) in [5.74, 6) is -0.503. The Morgan fingerprint density at radius 2 is 1.90 bits per heavy atom. The highest BCUT2D eigenvalue weighted by Gasteiger charge is 2.32. The number of anilines is 1. The number of carboxylic acid groups (broad SMARTS) is 1. The first-order valence-corrected chi connectivity index (χ1v) is 10.3. The fourth-order valence-electron chi connectivity index (χ4n) is 4.14. The molecule has 0 radical (unpaired) electrons. The number of carbonyl (C=O) groups excluding carboxylic acids is 1. The van der Waals surface area contributed by atoms with Crippen LogP contribution in [0.2, 0.25) is 0 Å². The van der Waals surface area contributed by atoms with Crippen molar-refractivity contribution in [3.8, 4) is 0 Å². The van der Waals surface area contributed by atoms with Crippen molar-refractivity contribution in [3.63, 3.8) is 0 Å². The number of aliphatic carboxylic acids is 1. The normalized spacial score (nSPS) is 17.1. The molecule has 1 fully saturated rings. The number of hydrogen-bond acceptors (Lipinski definition) is 4. The average molecular weight is 403 g/mol. The van der Waals surface area contributed by atoms with Crippen molar-refractivity contribution < 1.29 is 14.7 Å². The molecule has 2 N–H and O–H groups in total. The number of para-hydroxylation sites is 1. The van der Waals surface area contributed by atoms with Crippen LogP contribution in [0.3, 0.4) is 0 Å². The van der Waals surface area contributed by atoms with E-state index in [1.165, 1.54) is 0 Å². The molecule has 6 nitrogen and oxygen atoms in total. The van der Waals surface area contributed by atoms with Crippen molar-refractivity contribution in [3.05, 3.63) is 71.8 Å². The van der Waals surface area contributed by atoms with E-state index in [4.69, 9.17) is 0 Å². The molecule has 0 spiro atoms. The topological polar surface area (TPSA) is 82.5 Å². The molecule has 2 unspecified atom stereocenters. The Balaban J connectivity index is 1.72. The number of nitrogens with one attached hydrogen (secondary N) is 1. The van der Waals surface area contributed by atoms with E-state index in [2.05, 4.69) is 10.3 Å². The van der Waals surface area contributed by atoms with E-state index in [0.29, 0.717) is 29.9 Å². The van der Waals surface area contributed by atoms with Crippen LogP contribution in [0.4, 0.5) is 5.82 Å². The fourth-order valence-corrected chi connectivity index (χ4v) is 4.14. The van der Waals surface area contributed by atoms with E-state index in [-0.39, 0.29) is 11.9 Å². The van der Waals surface area contributed by atoms with Crippen LogP contribution in [-0.2, 0) is 4.79 Å². The van der Waals surface area contributed by atoms with Gasteiger partial charge in [-0.3, -0.25) is 4.79 Å². The zero-order valence-corrected chi connectivity index (χ0v) is 16.9. The third-order valence-electron chi connectivity index (χ3n) is 5.69. The van der Waals surface area contributed by atoms with Crippen molar-refractivity contribution in [2.75, 3.05) is 11.4 Å². The van der Waals surface area contributed by atoms with Crippen LogP contribution in [0.25, 0.3) is 10.9 Å². The maximum atomic E-state index is 13.3. The van der Waals surface area contributed by atoms with Gasteiger partial charge < -0.3 is 15.3 Å². The molecule has 2 aromatic carbocycles. The van der Waals surface area contributed by atoms with Gasteiger partial charge in [0.05, 0.1) is 17.1 Å². The van der Waals surface area contributed by atoms with E-state index in [9.17, 15) is 14.7 Å². The van der Waals surface area contributed by atoms with Gasteiger partial charge in [0.1, 0.15) is 11.9 Å². The van der Waals surface area contributed by atoms with Crippen molar-refractivity contribution in [2.24, 2.45) is 0 Å². The van der Waals surface area contributed by atoms with E-state index < -0.39 is 12.0 Å². The van der Waals surface area contributed by atoms with Gasteiger partial charge in [0, 0.05) is 11.9 Å². The van der Waals surface area contributed by atoms with Gasteiger partial charge in [-0.2, -0.15) is 0 Å². The Morgan fingerprint density at radius 3 is 2.63 bits per heavy atom. The predicted molar refractivity (Wildman–Crippen MR) is 117 cm³/mol. The molecule has 1 saturated heterocycles. The summed E-state index contributed by atoms with van der Waals surface area (Å²) in [7, 11) is 0. The molecule has 2 atom stereocenters. The quantitative estimate of drug-likeness (QED) is 0.646. The summed E-state index contributed by atoms with van der Waals surface area (Å²) < 4.78 is 0. The monoisotopic (exact) mass is 403 g/mol. The molecule has 1 aliphatic rings. The van der Waals surface area contributed by atoms with Crippen molar-refractivity contribution in [1.29, 1.82) is 0 Å². The number of aromatic nitrogens is 1. The fraction of sp³-hybridized carbons (Fsp3) is 0.292. The van der Waals surface area contributed by atoms with Gasteiger partial charge in [-0.05, 0) is 37.0 Å². The maximum absolute atomic E-state index is 13.3. The van der Waals surface area contributed by atoms with Crippen LogP contribution in [-0.4, -0.2) is 34.6 Å². The van der Waals surface area contributed by atoms with Gasteiger partial charge in [-0.15, -0.1) is 0 Å². The molecule has 0 saturated carbocycles. The largest absolute Gasteiger partial charge is 0.480 e. The first-order valence-electron chi connectivity index (χ1n) is 10.3. The molecule has 1 aromatic heterocycles. The summed E-state index contributed by atoms with van der Waals surface area (Å²) in [5.41, 5.74) is 2.25. The zero-order valence-electron chi connectivity index (χ0n) is 16.9. The van der Waals surface area contributed by atoms with Crippen LogP contribution >= 0.6 is 0 Å². The molecule has 3 aromatic rings. The lowest BCUT2D eigenvalue weighted by Crippen LogP contribution is -2.36. The van der Waals surface area contributed by atoms with Gasteiger partial charge >= 0.3 is 5.97 Å². The molecule has 30 heavy (non-hydrogen) atoms. The third-order valence-corrected chi connectivity index (χ3v) is 5.69. The predicted octanol–water partition coefficient (Wildman–Crippen LogP) is 4.17. The summed E-state index contributed by atoms with van der Waals surface area (Å²) in [4.78, 5) is 31.4. The summed E-state index contributed by atoms with van der Waals surface area (Å²) >= 11 is 0. The molecule has 6 heteroatoms. The second-order valence-electron chi connectivity index (χ2n) is 7.58. The highest BCUT2D eigenvalue weighted by atomic mass is 16.4. The SMILES string of the molecule is CCC(NC(=O)c1cc(N2CCCC2C(=O)O)nc2ccccc12)c1ccccc1. The lowest BCUT2D eigenvalue weighted by Gasteiger charge is -2.24. The zero-order chi connectivity index (χ0) is 21.1. The molecule has 4 rings (SSSR count). The molecule has 1 amide bonds. The molecular formula is C24H25N3O3. The number of benzene rings is 2. The standard InChI is InChI=1S/C24H25N3O3/c1-2-19(16-9-4-3-5-10-16)26-23(28)18-15-22(25-20-12-7-6-11-17(18)20)27-14-8-13-21(27)24(29)30/h3-7,9-12,15,19,21H,2,8,13-14H2,1H3,(H,26,28)(H,29,30). The summed E-state index contributed by atoms with van der Waals surface area (Å²) in [6, 6.07) is 18.4. The van der Waals surface area contributed by atoms with E-state index in [0.717, 1.165) is 23.8 Å². The lowest BCUT2D eigenvalue weighted by molar-refractivity contribution is -0.138. The third kappa shape index (κ3) is 3.85. The highest BCUT2D eigenvalue weighted by molar-refractivity contribution is 6.07. The molecule has 1 aliphatic heterocycles. The first-order chi connectivity index (χ1) is 14.6. The Bertz CT molecular complexity index is 1070. The minimum Gasteiger partial charge on any atom is -0.480 e. The van der Waals surface area contributed by atoms with Crippen LogP contribution in [0.5, 0.6) is 0 Å². The van der Waals surface area contributed by atoms with Crippen LogP contribution in [0.15, 0.2) is 60.7 Å². The number of carboxylic acids is 1. The summed E-state index contributed by atoms with van der Waals surface area (Å²) in [6.07, 6.45) is 2.13. The number of nitrogens with zero attached hydrogens (tertiary/aromatic N) is 2. The second kappa shape index (κ2) is 8.53. The summed E-state index contributed by atoms with van der Waals surface area (Å²) in [5, 5.41) is 13.5. The molecular weight excluding hydrogens is 378 g/mol. The van der Waals surface area contributed by atoms with Crippen molar-refractivity contribution in [1.82, 2.24) is 10.3 Å². The van der Waals surface area contributed by atoms with Gasteiger partial charge in [-0.25, -0.2) is 9.78 Å². The number of amides is 1. The van der Waals surface area contributed by atoms with E-state index in [1.807, 2.05) is 61.5 Å². The van der Waals surface area contributed by atoms with Crippen LogP contribution in [0, 0.1) is 0 Å². The van der Waals surface area contributed by atoms with E-state index in [1.54, 1.807) is 11.0 Å². The Hall–Kier alpha value is -3.41. The summed E-state index contributed by atoms with van der Waals surface area (Å²) in [6.45, 7) is 2.65. The van der Waals surface area contributed by atoms with Gasteiger partial charge in [-0.1, -0.05) is 55.5 Å². The minimum absolute atomic E-state index is 0.104. The maximum Gasteiger partial charge on any atom is 0.326 e. The van der Waals surface area contributed by atoms with Crippen molar-refractivity contribution >= 4 is 28.6 Å². The van der Waals surface area contributed by atoms with Crippen LogP contribution < -0.4 is 10.2 Å². The lowest BCUT2D eigenvalue weighted by atomic mass is 10.0. The Labute approximate surface area is 175 Å². The number of carbonyl (C=O) groups is 2.